The predicted octanol–water partition coefficient (Wildman–Crippen LogP) is 5.35. The van der Waals surface area contributed by atoms with E-state index in [-0.39, 0.29) is 5.82 Å². The van der Waals surface area contributed by atoms with E-state index in [1.54, 1.807) is 19.2 Å². The van der Waals surface area contributed by atoms with Crippen molar-refractivity contribution < 1.29 is 13.9 Å². The van der Waals surface area contributed by atoms with Crippen LogP contribution in [-0.4, -0.2) is 67.4 Å². The zero-order valence-electron chi connectivity index (χ0n) is 23.1. The molecule has 0 spiro atoms. The number of likely N-dealkylation sites (tertiary alicyclic amines) is 1. The normalized spacial score (nSPS) is 18.5. The molecule has 2 aliphatic heterocycles. The van der Waals surface area contributed by atoms with E-state index in [1.165, 1.54) is 50.0 Å². The van der Waals surface area contributed by atoms with Crippen molar-refractivity contribution in [2.24, 2.45) is 0 Å². The number of hydrogen-bond donors (Lipinski definition) is 1. The number of benzene rings is 1. The van der Waals surface area contributed by atoms with Gasteiger partial charge in [-0.05, 0) is 88.2 Å². The molecule has 1 N–H and O–H groups in total. The lowest BCUT2D eigenvalue weighted by Crippen LogP contribution is -2.39. The molecule has 3 aromatic rings. The van der Waals surface area contributed by atoms with Gasteiger partial charge in [0.15, 0.2) is 0 Å². The minimum absolute atomic E-state index is 0.148. The van der Waals surface area contributed by atoms with Crippen molar-refractivity contribution in [3.05, 3.63) is 53.0 Å². The molecule has 0 radical (unpaired) electrons. The topological polar surface area (TPSA) is 62.8 Å². The average molecular weight is 534 g/mol. The van der Waals surface area contributed by atoms with Crippen molar-refractivity contribution in [2.75, 3.05) is 56.7 Å². The van der Waals surface area contributed by atoms with Gasteiger partial charge in [0, 0.05) is 36.9 Å². The zero-order valence-corrected chi connectivity index (χ0v) is 23.1. The highest BCUT2D eigenvalue weighted by Gasteiger charge is 2.26. The number of ether oxygens (including phenoxy) is 2. The fraction of sp³-hybridized carbons (Fsp3) is 0.548. The number of fused-ring (bicyclic) bond motifs is 2. The maximum atomic E-state index is 14.4. The van der Waals surface area contributed by atoms with Crippen molar-refractivity contribution in [1.29, 1.82) is 0 Å². The molecular weight excluding hydrogens is 493 g/mol. The molecule has 7 nitrogen and oxygen atoms in total. The number of halogens is 1. The lowest BCUT2D eigenvalue weighted by atomic mass is 9.92. The van der Waals surface area contributed by atoms with Crippen LogP contribution in [0.5, 0.6) is 5.88 Å². The van der Waals surface area contributed by atoms with Crippen molar-refractivity contribution >= 4 is 22.4 Å². The van der Waals surface area contributed by atoms with Crippen LogP contribution in [0.3, 0.4) is 0 Å². The third kappa shape index (κ3) is 5.82. The van der Waals surface area contributed by atoms with Gasteiger partial charge in [0.25, 0.3) is 0 Å². The summed E-state index contributed by atoms with van der Waals surface area (Å²) >= 11 is 0. The summed E-state index contributed by atoms with van der Waals surface area (Å²) in [5.74, 6) is 0.462. The number of aromatic nitrogens is 2. The quantitative estimate of drug-likeness (QED) is 0.372. The molecule has 208 valence electrons. The third-order valence-corrected chi connectivity index (χ3v) is 8.51. The van der Waals surface area contributed by atoms with Crippen LogP contribution < -0.4 is 15.0 Å². The largest absolute Gasteiger partial charge is 0.481 e. The highest BCUT2D eigenvalue weighted by atomic mass is 19.1. The number of pyridine rings is 2. The minimum Gasteiger partial charge on any atom is -0.481 e. The van der Waals surface area contributed by atoms with Crippen LogP contribution in [0.15, 0.2) is 30.3 Å². The van der Waals surface area contributed by atoms with Crippen LogP contribution in [0.1, 0.15) is 55.3 Å². The molecular formula is C31H40FN5O2. The van der Waals surface area contributed by atoms with Gasteiger partial charge in [-0.1, -0.05) is 12.1 Å². The monoisotopic (exact) mass is 533 g/mol. The summed E-state index contributed by atoms with van der Waals surface area (Å²) in [7, 11) is 1.68. The molecule has 1 aromatic carbocycles. The Morgan fingerprint density at radius 1 is 1.00 bits per heavy atom. The van der Waals surface area contributed by atoms with Gasteiger partial charge in [-0.2, -0.15) is 0 Å². The van der Waals surface area contributed by atoms with Crippen LogP contribution in [0.25, 0.3) is 11.0 Å². The van der Waals surface area contributed by atoms with E-state index in [2.05, 4.69) is 21.2 Å². The van der Waals surface area contributed by atoms with Crippen molar-refractivity contribution in [3.63, 3.8) is 0 Å². The van der Waals surface area contributed by atoms with Crippen LogP contribution in [0, 0.1) is 5.82 Å². The number of anilines is 2. The smallest absolute Gasteiger partial charge is 0.219 e. The first-order valence-corrected chi connectivity index (χ1v) is 14.6. The average Bonchev–Trinajstić information content (AvgIpc) is 3.49. The number of hydrogen-bond acceptors (Lipinski definition) is 7. The van der Waals surface area contributed by atoms with Gasteiger partial charge in [-0.3, -0.25) is 4.98 Å². The molecule has 0 atom stereocenters. The van der Waals surface area contributed by atoms with Gasteiger partial charge in [-0.15, -0.1) is 0 Å². The number of nitrogens with zero attached hydrogens (tertiary/aromatic N) is 4. The summed E-state index contributed by atoms with van der Waals surface area (Å²) in [6, 6.07) is 9.48. The number of piperidine rings is 1. The third-order valence-electron chi connectivity index (χ3n) is 8.51. The first-order chi connectivity index (χ1) is 19.2. The number of aryl methyl sites for hydroxylation is 1. The Labute approximate surface area is 230 Å². The SMILES string of the molecule is COc1nc2c(NC3CCN(c4ccccc4F)CC3)c3c(nc2cc1COCCN1CCCC1)CCCC3. The van der Waals surface area contributed by atoms with Gasteiger partial charge < -0.3 is 24.6 Å². The Balaban J connectivity index is 1.21. The summed E-state index contributed by atoms with van der Waals surface area (Å²) < 4.78 is 26.2. The number of methoxy groups -OCH3 is 1. The Morgan fingerprint density at radius 3 is 2.59 bits per heavy atom. The Bertz CT molecular complexity index is 1290. The molecule has 39 heavy (non-hydrogen) atoms. The summed E-state index contributed by atoms with van der Waals surface area (Å²) in [4.78, 5) is 14.7. The summed E-state index contributed by atoms with van der Waals surface area (Å²) in [5.41, 5.74) is 7.02. The Hall–Kier alpha value is -2.97. The van der Waals surface area contributed by atoms with E-state index in [1.807, 2.05) is 12.1 Å². The summed E-state index contributed by atoms with van der Waals surface area (Å²) in [6.45, 7) is 6.14. The number of rotatable bonds is 9. The molecule has 0 amide bonds. The van der Waals surface area contributed by atoms with Gasteiger partial charge in [0.2, 0.25) is 5.88 Å². The standard InChI is InChI=1S/C31H40FN5O2/c1-38-31-22(21-39-19-18-36-14-6-7-15-36)20-27-30(35-31)29(24-8-2-4-10-26(24)34-27)33-23-12-16-37(17-13-23)28-11-5-3-9-25(28)32/h3,5,9,11,20,23H,2,4,6-8,10,12-19,21H2,1H3,(H,33,34). The molecule has 2 saturated heterocycles. The van der Waals surface area contributed by atoms with Crippen LogP contribution in [-0.2, 0) is 24.2 Å². The van der Waals surface area contributed by atoms with E-state index < -0.39 is 0 Å². The van der Waals surface area contributed by atoms with Gasteiger partial charge in [-0.25, -0.2) is 9.37 Å². The molecule has 6 rings (SSSR count). The fourth-order valence-corrected chi connectivity index (χ4v) is 6.36. The van der Waals surface area contributed by atoms with Crippen molar-refractivity contribution in [1.82, 2.24) is 14.9 Å². The second kappa shape index (κ2) is 12.0. The molecule has 2 fully saturated rings. The molecule has 4 heterocycles. The van der Waals surface area contributed by atoms with E-state index in [0.29, 0.717) is 30.8 Å². The molecule has 2 aromatic heterocycles. The number of para-hydroxylation sites is 1. The molecule has 0 bridgehead atoms. The fourth-order valence-electron chi connectivity index (χ4n) is 6.36. The van der Waals surface area contributed by atoms with Gasteiger partial charge in [0.05, 0.1) is 37.2 Å². The lowest BCUT2D eigenvalue weighted by Gasteiger charge is -2.35. The van der Waals surface area contributed by atoms with Crippen LogP contribution in [0.4, 0.5) is 15.8 Å². The first-order valence-electron chi connectivity index (χ1n) is 14.6. The Kier molecular flexibility index (Phi) is 8.11. The van der Waals surface area contributed by atoms with Crippen LogP contribution in [0.2, 0.25) is 0 Å². The molecule has 8 heteroatoms. The van der Waals surface area contributed by atoms with Crippen molar-refractivity contribution in [2.45, 2.75) is 64.0 Å². The molecule has 1 aliphatic carbocycles. The highest BCUT2D eigenvalue weighted by molar-refractivity contribution is 5.91. The summed E-state index contributed by atoms with van der Waals surface area (Å²) in [5, 5.41) is 3.88. The maximum Gasteiger partial charge on any atom is 0.219 e. The highest BCUT2D eigenvalue weighted by Crippen LogP contribution is 2.36. The molecule has 0 unspecified atom stereocenters. The molecule has 3 aliphatic rings. The van der Waals surface area contributed by atoms with E-state index in [0.717, 1.165) is 67.6 Å². The van der Waals surface area contributed by atoms with E-state index in [4.69, 9.17) is 19.4 Å². The summed E-state index contributed by atoms with van der Waals surface area (Å²) in [6.07, 6.45) is 8.81. The lowest BCUT2D eigenvalue weighted by molar-refractivity contribution is 0.0975. The van der Waals surface area contributed by atoms with Crippen LogP contribution >= 0.6 is 0 Å². The maximum absolute atomic E-state index is 14.4. The second-order valence-electron chi connectivity index (χ2n) is 11.1. The first kappa shape index (κ1) is 26.3. The Morgan fingerprint density at radius 2 is 1.79 bits per heavy atom. The van der Waals surface area contributed by atoms with Gasteiger partial charge in [0.1, 0.15) is 11.3 Å². The second-order valence-corrected chi connectivity index (χ2v) is 11.1. The molecule has 0 saturated carbocycles. The minimum atomic E-state index is -0.148. The van der Waals surface area contributed by atoms with E-state index >= 15 is 0 Å². The van der Waals surface area contributed by atoms with Gasteiger partial charge >= 0.3 is 0 Å². The number of nitrogens with one attached hydrogen (secondary N) is 1. The zero-order chi connectivity index (χ0) is 26.6. The van der Waals surface area contributed by atoms with Crippen molar-refractivity contribution in [3.8, 4) is 5.88 Å². The predicted molar refractivity (Wildman–Crippen MR) is 153 cm³/mol. The van der Waals surface area contributed by atoms with E-state index in [9.17, 15) is 4.39 Å².